The van der Waals surface area contributed by atoms with Gasteiger partial charge in [0.25, 0.3) is 0 Å². The second kappa shape index (κ2) is 8.29. The van der Waals surface area contributed by atoms with Gasteiger partial charge in [0.2, 0.25) is 5.91 Å². The molecule has 0 saturated heterocycles. The minimum absolute atomic E-state index is 0.103. The highest BCUT2D eigenvalue weighted by Crippen LogP contribution is 2.20. The summed E-state index contributed by atoms with van der Waals surface area (Å²) < 4.78 is 1.18. The highest BCUT2D eigenvalue weighted by molar-refractivity contribution is 14.1. The molecule has 0 aliphatic rings. The van der Waals surface area contributed by atoms with E-state index in [1.807, 2.05) is 30.3 Å². The van der Waals surface area contributed by atoms with Gasteiger partial charge < -0.3 is 5.32 Å². The van der Waals surface area contributed by atoms with E-state index < -0.39 is 0 Å². The molecule has 2 rings (SSSR count). The summed E-state index contributed by atoms with van der Waals surface area (Å²) >= 11 is 2.28. The van der Waals surface area contributed by atoms with Crippen molar-refractivity contribution >= 4 is 40.3 Å². The molecule has 0 unspecified atom stereocenters. The Morgan fingerprint density at radius 1 is 1.17 bits per heavy atom. The van der Waals surface area contributed by atoms with Crippen molar-refractivity contribution in [2.45, 2.75) is 33.1 Å². The minimum Gasteiger partial charge on any atom is -0.322 e. The van der Waals surface area contributed by atoms with Gasteiger partial charge in [-0.2, -0.15) is 0 Å². The molecular formula is C20H22INO. The number of amides is 1. The van der Waals surface area contributed by atoms with Crippen molar-refractivity contribution in [3.8, 4) is 0 Å². The first-order valence-corrected chi connectivity index (χ1v) is 8.95. The van der Waals surface area contributed by atoms with Gasteiger partial charge in [-0.15, -0.1) is 0 Å². The van der Waals surface area contributed by atoms with Gasteiger partial charge >= 0.3 is 0 Å². The molecule has 0 bridgehead atoms. The van der Waals surface area contributed by atoms with Gasteiger partial charge in [-0.05, 0) is 75.9 Å². The molecule has 2 nitrogen and oxygen atoms in total. The lowest BCUT2D eigenvalue weighted by Crippen LogP contribution is -2.09. The van der Waals surface area contributed by atoms with Crippen LogP contribution in [0.4, 0.5) is 5.69 Å². The Labute approximate surface area is 152 Å². The summed E-state index contributed by atoms with van der Waals surface area (Å²) in [5.74, 6) is 0.415. The maximum atomic E-state index is 12.1. The molecular weight excluding hydrogens is 397 g/mol. The third-order valence-corrected chi connectivity index (χ3v) is 4.41. The zero-order valence-electron chi connectivity index (χ0n) is 13.8. The Morgan fingerprint density at radius 3 is 2.48 bits per heavy atom. The number of halogens is 1. The van der Waals surface area contributed by atoms with E-state index >= 15 is 0 Å². The van der Waals surface area contributed by atoms with Crippen molar-refractivity contribution in [1.29, 1.82) is 0 Å². The number of aryl methyl sites for hydroxylation is 1. The van der Waals surface area contributed by atoms with Gasteiger partial charge in [-0.3, -0.25) is 4.79 Å². The molecule has 0 radical (unpaired) electrons. The van der Waals surface area contributed by atoms with Crippen LogP contribution >= 0.6 is 22.6 Å². The molecule has 1 amide bonds. The summed E-state index contributed by atoms with van der Waals surface area (Å²) in [4.78, 5) is 12.1. The third-order valence-electron chi connectivity index (χ3n) is 3.74. The highest BCUT2D eigenvalue weighted by atomic mass is 127. The number of carbonyl (C=O) groups is 1. The number of benzene rings is 2. The summed E-state index contributed by atoms with van der Waals surface area (Å²) in [6, 6.07) is 14.4. The molecule has 0 heterocycles. The Hall–Kier alpha value is -1.62. The van der Waals surface area contributed by atoms with Crippen molar-refractivity contribution < 1.29 is 4.79 Å². The largest absolute Gasteiger partial charge is 0.322 e. The molecule has 0 aromatic heterocycles. The first kappa shape index (κ1) is 17.7. The van der Waals surface area contributed by atoms with Crippen molar-refractivity contribution in [1.82, 2.24) is 0 Å². The van der Waals surface area contributed by atoms with Crippen LogP contribution in [0.5, 0.6) is 0 Å². The number of anilines is 1. The second-order valence-corrected chi connectivity index (χ2v) is 7.04. The Bertz CT molecular complexity index is 702. The van der Waals surface area contributed by atoms with Crippen LogP contribution in [0, 0.1) is 3.57 Å². The zero-order chi connectivity index (χ0) is 16.8. The van der Waals surface area contributed by atoms with Crippen LogP contribution in [0.15, 0.2) is 48.5 Å². The summed E-state index contributed by atoms with van der Waals surface area (Å²) in [7, 11) is 0. The number of nitrogens with one attached hydrogen (secondary N) is 1. The molecule has 0 fully saturated rings. The van der Waals surface area contributed by atoms with Gasteiger partial charge in [0.15, 0.2) is 0 Å². The lowest BCUT2D eigenvalue weighted by atomic mass is 10.0. The molecule has 23 heavy (non-hydrogen) atoms. The predicted octanol–water partition coefficient (Wildman–Crippen LogP) is 5.63. The topological polar surface area (TPSA) is 29.1 Å². The maximum absolute atomic E-state index is 12.1. The van der Waals surface area contributed by atoms with E-state index in [1.54, 1.807) is 6.08 Å². The molecule has 0 aliphatic heterocycles. The van der Waals surface area contributed by atoms with Gasteiger partial charge in [-0.25, -0.2) is 0 Å². The summed E-state index contributed by atoms with van der Waals surface area (Å²) in [5.41, 5.74) is 4.37. The van der Waals surface area contributed by atoms with Crippen LogP contribution in [-0.2, 0) is 11.2 Å². The van der Waals surface area contributed by atoms with E-state index in [-0.39, 0.29) is 5.91 Å². The normalized spacial score (nSPS) is 11.2. The van der Waals surface area contributed by atoms with E-state index in [9.17, 15) is 4.79 Å². The van der Waals surface area contributed by atoms with Gasteiger partial charge in [0, 0.05) is 15.3 Å². The smallest absolute Gasteiger partial charge is 0.248 e. The van der Waals surface area contributed by atoms with Crippen molar-refractivity contribution in [3.05, 3.63) is 68.8 Å². The number of rotatable bonds is 5. The molecule has 120 valence electrons. The predicted molar refractivity (Wildman–Crippen MR) is 107 cm³/mol. The van der Waals surface area contributed by atoms with Crippen LogP contribution in [0.1, 0.15) is 43.4 Å². The van der Waals surface area contributed by atoms with E-state index in [1.165, 1.54) is 9.13 Å². The molecule has 1 N–H and O–H groups in total. The zero-order valence-corrected chi connectivity index (χ0v) is 15.9. The standard InChI is InChI=1S/C20H22INO/c1-4-16-13-18(21)10-11-19(16)22-20(23)12-7-15-5-8-17(9-6-15)14(2)3/h5-14H,4H2,1-3H3,(H,22,23). The lowest BCUT2D eigenvalue weighted by Gasteiger charge is -2.09. The molecule has 2 aromatic carbocycles. The lowest BCUT2D eigenvalue weighted by molar-refractivity contribution is -0.111. The van der Waals surface area contributed by atoms with Crippen molar-refractivity contribution in [2.75, 3.05) is 5.32 Å². The fourth-order valence-electron chi connectivity index (χ4n) is 2.32. The number of hydrogen-bond acceptors (Lipinski definition) is 1. The molecule has 2 aromatic rings. The SMILES string of the molecule is CCc1cc(I)ccc1NC(=O)C=Cc1ccc(C(C)C)cc1. The van der Waals surface area contributed by atoms with Crippen molar-refractivity contribution in [2.24, 2.45) is 0 Å². The van der Waals surface area contributed by atoms with E-state index in [0.29, 0.717) is 5.92 Å². The fourth-order valence-corrected chi connectivity index (χ4v) is 2.87. The summed E-state index contributed by atoms with van der Waals surface area (Å²) in [5, 5.41) is 2.96. The van der Waals surface area contributed by atoms with Crippen LogP contribution in [0.2, 0.25) is 0 Å². The fraction of sp³-hybridized carbons (Fsp3) is 0.250. The molecule has 3 heteroatoms. The quantitative estimate of drug-likeness (QED) is 0.494. The average Bonchev–Trinajstić information content (AvgIpc) is 2.55. The average molecular weight is 419 g/mol. The third kappa shape index (κ3) is 5.20. The molecule has 0 saturated carbocycles. The molecule has 0 spiro atoms. The van der Waals surface area contributed by atoms with Crippen LogP contribution < -0.4 is 5.32 Å². The van der Waals surface area contributed by atoms with Crippen LogP contribution in [0.25, 0.3) is 6.08 Å². The molecule has 0 aliphatic carbocycles. The van der Waals surface area contributed by atoms with E-state index in [0.717, 1.165) is 23.2 Å². The Balaban J connectivity index is 2.04. The van der Waals surface area contributed by atoms with Gasteiger partial charge in [-0.1, -0.05) is 45.0 Å². The first-order valence-electron chi connectivity index (χ1n) is 7.87. The van der Waals surface area contributed by atoms with Gasteiger partial charge in [0.05, 0.1) is 0 Å². The summed E-state index contributed by atoms with van der Waals surface area (Å²) in [6.07, 6.45) is 4.33. The monoisotopic (exact) mass is 419 g/mol. The maximum Gasteiger partial charge on any atom is 0.248 e. The van der Waals surface area contributed by atoms with Crippen LogP contribution in [-0.4, -0.2) is 5.91 Å². The van der Waals surface area contributed by atoms with Gasteiger partial charge in [0.1, 0.15) is 0 Å². The first-order chi connectivity index (χ1) is 11.0. The number of hydrogen-bond donors (Lipinski definition) is 1. The Morgan fingerprint density at radius 2 is 1.87 bits per heavy atom. The second-order valence-electron chi connectivity index (χ2n) is 5.80. The van der Waals surface area contributed by atoms with E-state index in [4.69, 9.17) is 0 Å². The van der Waals surface area contributed by atoms with Crippen LogP contribution in [0.3, 0.4) is 0 Å². The minimum atomic E-state index is -0.103. The van der Waals surface area contributed by atoms with Crippen molar-refractivity contribution in [3.63, 3.8) is 0 Å². The number of carbonyl (C=O) groups excluding carboxylic acids is 1. The highest BCUT2D eigenvalue weighted by Gasteiger charge is 2.04. The summed E-state index contributed by atoms with van der Waals surface area (Å²) in [6.45, 7) is 6.43. The Kier molecular flexibility index (Phi) is 6.39. The molecule has 0 atom stereocenters. The van der Waals surface area contributed by atoms with E-state index in [2.05, 4.69) is 66.9 Å².